The first kappa shape index (κ1) is 23.1. The fraction of sp³-hybridized carbons (Fsp3) is 0.300. The number of carboxylic acid groups (broad SMARTS) is 1. The lowest BCUT2D eigenvalue weighted by atomic mass is 10.0. The summed E-state index contributed by atoms with van der Waals surface area (Å²) in [5.41, 5.74) is 0.996. The van der Waals surface area contributed by atoms with E-state index in [1.807, 2.05) is 13.8 Å². The number of amides is 1. The molecular formula is C20H20Cl3NO5. The van der Waals surface area contributed by atoms with Gasteiger partial charge in [0.1, 0.15) is 18.0 Å². The SMILES string of the molecule is COc1c(Cl)cc(Oc2c(Cl)cc(C(=O)N(C)CC(=O)O)cc2Cl)cc1C(C)C. The molecule has 2 rings (SSSR count). The normalized spacial score (nSPS) is 10.8. The van der Waals surface area contributed by atoms with Crippen molar-refractivity contribution in [1.29, 1.82) is 0 Å². The molecule has 0 aliphatic rings. The minimum atomic E-state index is -1.13. The van der Waals surface area contributed by atoms with Crippen molar-refractivity contribution in [3.63, 3.8) is 0 Å². The number of benzene rings is 2. The van der Waals surface area contributed by atoms with E-state index in [2.05, 4.69) is 0 Å². The van der Waals surface area contributed by atoms with Gasteiger partial charge in [-0.25, -0.2) is 0 Å². The van der Waals surface area contributed by atoms with Gasteiger partial charge in [0.2, 0.25) is 0 Å². The summed E-state index contributed by atoms with van der Waals surface area (Å²) in [6.07, 6.45) is 0. The summed E-state index contributed by atoms with van der Waals surface area (Å²) in [6, 6.07) is 6.11. The predicted octanol–water partition coefficient (Wildman–Crippen LogP) is 5.73. The Morgan fingerprint density at radius 2 is 1.59 bits per heavy atom. The Hall–Kier alpha value is -2.15. The van der Waals surface area contributed by atoms with Gasteiger partial charge >= 0.3 is 5.97 Å². The minimum Gasteiger partial charge on any atom is -0.495 e. The maximum atomic E-state index is 12.4. The van der Waals surface area contributed by atoms with Crippen LogP contribution < -0.4 is 9.47 Å². The van der Waals surface area contributed by atoms with Crippen LogP contribution in [0.3, 0.4) is 0 Å². The standard InChI is InChI=1S/C20H20Cl3NO5/c1-10(2)13-7-12(8-16(23)18(13)28-4)29-19-14(21)5-11(6-15(19)22)20(27)24(3)9-17(25)26/h5-8,10H,9H2,1-4H3,(H,25,26). The fourth-order valence-electron chi connectivity index (χ4n) is 2.69. The Labute approximate surface area is 183 Å². The molecular weight excluding hydrogens is 441 g/mol. The number of aliphatic carboxylic acids is 1. The smallest absolute Gasteiger partial charge is 0.323 e. The molecule has 9 heteroatoms. The van der Waals surface area contributed by atoms with Crippen molar-refractivity contribution in [3.05, 3.63) is 50.5 Å². The maximum absolute atomic E-state index is 12.4. The molecule has 0 radical (unpaired) electrons. The molecule has 6 nitrogen and oxygen atoms in total. The molecule has 0 atom stereocenters. The van der Waals surface area contributed by atoms with Gasteiger partial charge in [-0.05, 0) is 24.1 Å². The van der Waals surface area contributed by atoms with E-state index in [4.69, 9.17) is 49.4 Å². The van der Waals surface area contributed by atoms with Crippen LogP contribution in [0.2, 0.25) is 15.1 Å². The van der Waals surface area contributed by atoms with Gasteiger partial charge in [-0.3, -0.25) is 9.59 Å². The van der Waals surface area contributed by atoms with E-state index in [1.165, 1.54) is 19.2 Å². The topological polar surface area (TPSA) is 76.1 Å². The molecule has 0 aromatic heterocycles. The summed E-state index contributed by atoms with van der Waals surface area (Å²) in [4.78, 5) is 24.2. The van der Waals surface area contributed by atoms with Crippen LogP contribution in [0.4, 0.5) is 0 Å². The highest BCUT2D eigenvalue weighted by molar-refractivity contribution is 6.37. The molecule has 2 aromatic carbocycles. The second kappa shape index (κ2) is 9.57. The summed E-state index contributed by atoms with van der Waals surface area (Å²) in [6.45, 7) is 3.53. The highest BCUT2D eigenvalue weighted by Crippen LogP contribution is 2.42. The zero-order valence-corrected chi connectivity index (χ0v) is 18.5. The average molecular weight is 461 g/mol. The van der Waals surface area contributed by atoms with Crippen LogP contribution in [0, 0.1) is 0 Å². The maximum Gasteiger partial charge on any atom is 0.323 e. The number of hydrogen-bond donors (Lipinski definition) is 1. The molecule has 0 unspecified atom stereocenters. The van der Waals surface area contributed by atoms with Crippen LogP contribution in [0.25, 0.3) is 0 Å². The second-order valence-electron chi connectivity index (χ2n) is 6.61. The number of methoxy groups -OCH3 is 1. The fourth-order valence-corrected chi connectivity index (χ4v) is 3.54. The van der Waals surface area contributed by atoms with E-state index in [1.54, 1.807) is 19.2 Å². The Kier molecular flexibility index (Phi) is 7.63. The summed E-state index contributed by atoms with van der Waals surface area (Å²) >= 11 is 18.9. The molecule has 0 aliphatic carbocycles. The molecule has 0 fully saturated rings. The number of hydrogen-bond acceptors (Lipinski definition) is 4. The summed E-state index contributed by atoms with van der Waals surface area (Å²) in [5, 5.41) is 9.41. The van der Waals surface area contributed by atoms with Crippen molar-refractivity contribution in [2.24, 2.45) is 0 Å². The van der Waals surface area contributed by atoms with Gasteiger partial charge < -0.3 is 19.5 Å². The highest BCUT2D eigenvalue weighted by Gasteiger charge is 2.20. The van der Waals surface area contributed by atoms with Crippen LogP contribution in [-0.2, 0) is 4.79 Å². The first-order valence-electron chi connectivity index (χ1n) is 8.56. The van der Waals surface area contributed by atoms with Crippen molar-refractivity contribution in [1.82, 2.24) is 4.90 Å². The zero-order chi connectivity index (χ0) is 21.9. The Morgan fingerprint density at radius 1 is 1.03 bits per heavy atom. The van der Waals surface area contributed by atoms with Crippen LogP contribution in [0.15, 0.2) is 24.3 Å². The molecule has 0 spiro atoms. The third-order valence-corrected chi connectivity index (χ3v) is 4.90. The molecule has 156 valence electrons. The molecule has 0 heterocycles. The van der Waals surface area contributed by atoms with E-state index in [9.17, 15) is 9.59 Å². The summed E-state index contributed by atoms with van der Waals surface area (Å²) < 4.78 is 11.2. The number of likely N-dealkylation sites (N-methyl/N-ethyl adjacent to an activating group) is 1. The van der Waals surface area contributed by atoms with Crippen molar-refractivity contribution in [3.8, 4) is 17.2 Å². The third kappa shape index (κ3) is 5.47. The number of carbonyl (C=O) groups is 2. The number of carboxylic acids is 1. The van der Waals surface area contributed by atoms with Gasteiger partial charge in [0.25, 0.3) is 5.91 Å². The number of halogens is 3. The second-order valence-corrected chi connectivity index (χ2v) is 7.83. The third-order valence-electron chi connectivity index (χ3n) is 4.06. The van der Waals surface area contributed by atoms with Gasteiger partial charge in [-0.2, -0.15) is 0 Å². The van der Waals surface area contributed by atoms with Crippen LogP contribution in [0.5, 0.6) is 17.2 Å². The van der Waals surface area contributed by atoms with Gasteiger partial charge in [-0.15, -0.1) is 0 Å². The predicted molar refractivity (Wildman–Crippen MR) is 113 cm³/mol. The van der Waals surface area contributed by atoms with Gasteiger partial charge in [0.15, 0.2) is 5.75 Å². The van der Waals surface area contributed by atoms with E-state index in [0.717, 1.165) is 10.5 Å². The number of ether oxygens (including phenoxy) is 2. The quantitative estimate of drug-likeness (QED) is 0.571. The van der Waals surface area contributed by atoms with E-state index < -0.39 is 18.4 Å². The minimum absolute atomic E-state index is 0.0996. The van der Waals surface area contributed by atoms with Gasteiger partial charge in [0.05, 0.1) is 22.2 Å². The Balaban J connectivity index is 2.38. The van der Waals surface area contributed by atoms with Crippen LogP contribution in [0.1, 0.15) is 35.7 Å². The first-order chi connectivity index (χ1) is 13.5. The lowest BCUT2D eigenvalue weighted by Crippen LogP contribution is -2.31. The molecule has 0 aliphatic heterocycles. The molecule has 2 aromatic rings. The van der Waals surface area contributed by atoms with Crippen LogP contribution >= 0.6 is 34.8 Å². The monoisotopic (exact) mass is 459 g/mol. The average Bonchev–Trinajstić information content (AvgIpc) is 2.62. The summed E-state index contributed by atoms with van der Waals surface area (Å²) in [5.74, 6) is -0.407. The van der Waals surface area contributed by atoms with E-state index >= 15 is 0 Å². The lowest BCUT2D eigenvalue weighted by molar-refractivity contribution is -0.137. The number of carbonyl (C=O) groups excluding carboxylic acids is 1. The van der Waals surface area contributed by atoms with Gasteiger partial charge in [0, 0.05) is 24.2 Å². The zero-order valence-electron chi connectivity index (χ0n) is 16.3. The molecule has 1 amide bonds. The lowest BCUT2D eigenvalue weighted by Gasteiger charge is -2.18. The largest absolute Gasteiger partial charge is 0.495 e. The van der Waals surface area contributed by atoms with Crippen molar-refractivity contribution in [2.45, 2.75) is 19.8 Å². The van der Waals surface area contributed by atoms with E-state index in [0.29, 0.717) is 16.5 Å². The van der Waals surface area contributed by atoms with Gasteiger partial charge in [-0.1, -0.05) is 48.7 Å². The Morgan fingerprint density at radius 3 is 2.07 bits per heavy atom. The van der Waals surface area contributed by atoms with E-state index in [-0.39, 0.29) is 27.3 Å². The highest BCUT2D eigenvalue weighted by atomic mass is 35.5. The molecule has 0 bridgehead atoms. The number of rotatable bonds is 7. The van der Waals surface area contributed by atoms with Crippen molar-refractivity contribution in [2.75, 3.05) is 20.7 Å². The Bertz CT molecular complexity index is 923. The first-order valence-corrected chi connectivity index (χ1v) is 9.70. The molecule has 0 saturated heterocycles. The molecule has 1 N–H and O–H groups in total. The molecule has 29 heavy (non-hydrogen) atoms. The number of nitrogens with zero attached hydrogens (tertiary/aromatic N) is 1. The summed E-state index contributed by atoms with van der Waals surface area (Å²) in [7, 11) is 2.91. The van der Waals surface area contributed by atoms with Crippen molar-refractivity contribution >= 4 is 46.7 Å². The molecule has 0 saturated carbocycles. The van der Waals surface area contributed by atoms with Crippen LogP contribution in [-0.4, -0.2) is 42.6 Å². The van der Waals surface area contributed by atoms with Crippen molar-refractivity contribution < 1.29 is 24.2 Å².